The number of carbonyl (C=O) groups is 1. The lowest BCUT2D eigenvalue weighted by Gasteiger charge is -2.14. The van der Waals surface area contributed by atoms with Gasteiger partial charge in [0.2, 0.25) is 5.91 Å². The number of ether oxygens (including phenoxy) is 1. The SMILES string of the molecule is CCC(C)Oc1cccc(NC(=S)NC(C)=O)c1. The van der Waals surface area contributed by atoms with Crippen molar-refractivity contribution in [2.24, 2.45) is 0 Å². The highest BCUT2D eigenvalue weighted by atomic mass is 32.1. The first-order chi connectivity index (χ1) is 8.51. The summed E-state index contributed by atoms with van der Waals surface area (Å²) in [4.78, 5) is 10.8. The van der Waals surface area contributed by atoms with Crippen LogP contribution in [0.2, 0.25) is 0 Å². The molecule has 98 valence electrons. The number of nitrogens with one attached hydrogen (secondary N) is 2. The summed E-state index contributed by atoms with van der Waals surface area (Å²) in [6, 6.07) is 7.47. The van der Waals surface area contributed by atoms with Gasteiger partial charge in [-0.1, -0.05) is 13.0 Å². The van der Waals surface area contributed by atoms with Gasteiger partial charge in [-0.25, -0.2) is 0 Å². The van der Waals surface area contributed by atoms with Gasteiger partial charge in [0.05, 0.1) is 6.10 Å². The molecule has 18 heavy (non-hydrogen) atoms. The van der Waals surface area contributed by atoms with Crippen LogP contribution < -0.4 is 15.4 Å². The van der Waals surface area contributed by atoms with Gasteiger partial charge in [0, 0.05) is 18.7 Å². The van der Waals surface area contributed by atoms with Crippen LogP contribution >= 0.6 is 12.2 Å². The summed E-state index contributed by atoms with van der Waals surface area (Å²) < 4.78 is 5.70. The minimum absolute atomic E-state index is 0.169. The second-order valence-electron chi connectivity index (χ2n) is 4.00. The van der Waals surface area contributed by atoms with Gasteiger partial charge in [0.1, 0.15) is 5.75 Å². The summed E-state index contributed by atoms with van der Waals surface area (Å²) >= 11 is 4.98. The molecule has 0 aliphatic rings. The zero-order valence-corrected chi connectivity index (χ0v) is 11.6. The molecule has 1 atom stereocenters. The number of hydrogen-bond acceptors (Lipinski definition) is 3. The van der Waals surface area contributed by atoms with Crippen molar-refractivity contribution in [3.63, 3.8) is 0 Å². The fraction of sp³-hybridized carbons (Fsp3) is 0.385. The van der Waals surface area contributed by atoms with Crippen LogP contribution in [0.15, 0.2) is 24.3 Å². The van der Waals surface area contributed by atoms with E-state index in [4.69, 9.17) is 17.0 Å². The van der Waals surface area contributed by atoms with Crippen LogP contribution in [0.5, 0.6) is 5.75 Å². The number of thiocarbonyl (C=S) groups is 1. The molecule has 0 saturated carbocycles. The Bertz CT molecular complexity index is 435. The van der Waals surface area contributed by atoms with Crippen LogP contribution in [0.4, 0.5) is 5.69 Å². The zero-order valence-electron chi connectivity index (χ0n) is 10.8. The smallest absolute Gasteiger partial charge is 0.222 e. The van der Waals surface area contributed by atoms with Crippen molar-refractivity contribution in [1.82, 2.24) is 5.32 Å². The summed E-state index contributed by atoms with van der Waals surface area (Å²) in [5.74, 6) is 0.583. The topological polar surface area (TPSA) is 50.4 Å². The predicted molar refractivity (Wildman–Crippen MR) is 76.9 cm³/mol. The highest BCUT2D eigenvalue weighted by Crippen LogP contribution is 2.19. The van der Waals surface area contributed by atoms with Crippen molar-refractivity contribution >= 4 is 28.9 Å². The molecule has 0 spiro atoms. The van der Waals surface area contributed by atoms with Gasteiger partial charge in [0.15, 0.2) is 5.11 Å². The molecule has 1 rings (SSSR count). The lowest BCUT2D eigenvalue weighted by molar-refractivity contribution is -0.117. The first-order valence-electron chi connectivity index (χ1n) is 5.86. The summed E-state index contributed by atoms with van der Waals surface area (Å²) in [6.07, 6.45) is 1.12. The van der Waals surface area contributed by atoms with Gasteiger partial charge in [-0.2, -0.15) is 0 Å². The van der Waals surface area contributed by atoms with Crippen LogP contribution in [0, 0.1) is 0 Å². The molecular weight excluding hydrogens is 248 g/mol. The monoisotopic (exact) mass is 266 g/mol. The van der Waals surface area contributed by atoms with E-state index < -0.39 is 0 Å². The maximum absolute atomic E-state index is 10.8. The Morgan fingerprint density at radius 2 is 2.22 bits per heavy atom. The number of carbonyl (C=O) groups excluding carboxylic acids is 1. The Morgan fingerprint density at radius 3 is 2.83 bits per heavy atom. The molecule has 0 heterocycles. The van der Waals surface area contributed by atoms with E-state index in [0.717, 1.165) is 17.9 Å². The van der Waals surface area contributed by atoms with Crippen LogP contribution in [-0.4, -0.2) is 17.1 Å². The number of benzene rings is 1. The van der Waals surface area contributed by atoms with Gasteiger partial charge in [0.25, 0.3) is 0 Å². The van der Waals surface area contributed by atoms with Gasteiger partial charge in [-0.05, 0) is 37.7 Å². The molecule has 0 fully saturated rings. The third-order valence-corrected chi connectivity index (χ3v) is 2.50. The molecule has 1 amide bonds. The lowest BCUT2D eigenvalue weighted by Crippen LogP contribution is -2.32. The number of hydrogen-bond donors (Lipinski definition) is 2. The quantitative estimate of drug-likeness (QED) is 0.823. The Kier molecular flexibility index (Phi) is 5.58. The van der Waals surface area contributed by atoms with Gasteiger partial charge >= 0.3 is 0 Å². The molecule has 0 bridgehead atoms. The Hall–Kier alpha value is -1.62. The molecule has 0 saturated heterocycles. The van der Waals surface area contributed by atoms with E-state index in [1.807, 2.05) is 31.2 Å². The second kappa shape index (κ2) is 6.96. The van der Waals surface area contributed by atoms with Crippen molar-refractivity contribution in [2.75, 3.05) is 5.32 Å². The fourth-order valence-corrected chi connectivity index (χ4v) is 1.55. The highest BCUT2D eigenvalue weighted by Gasteiger charge is 2.03. The van der Waals surface area contributed by atoms with Crippen LogP contribution in [0.25, 0.3) is 0 Å². The molecule has 1 aromatic carbocycles. The van der Waals surface area contributed by atoms with Gasteiger partial charge < -0.3 is 15.4 Å². The molecule has 5 heteroatoms. The maximum Gasteiger partial charge on any atom is 0.222 e. The molecule has 2 N–H and O–H groups in total. The average molecular weight is 266 g/mol. The predicted octanol–water partition coefficient (Wildman–Crippen LogP) is 2.70. The minimum Gasteiger partial charge on any atom is -0.491 e. The summed E-state index contributed by atoms with van der Waals surface area (Å²) in [5.41, 5.74) is 0.787. The molecule has 0 aliphatic heterocycles. The number of amides is 1. The molecule has 1 unspecified atom stereocenters. The molecule has 0 aliphatic carbocycles. The normalized spacial score (nSPS) is 11.5. The second-order valence-corrected chi connectivity index (χ2v) is 4.41. The van der Waals surface area contributed by atoms with E-state index in [2.05, 4.69) is 17.6 Å². The van der Waals surface area contributed by atoms with E-state index in [0.29, 0.717) is 0 Å². The number of anilines is 1. The Labute approximate surface area is 113 Å². The molecule has 1 aromatic rings. The first-order valence-corrected chi connectivity index (χ1v) is 6.27. The highest BCUT2D eigenvalue weighted by molar-refractivity contribution is 7.80. The number of rotatable bonds is 4. The molecule has 0 radical (unpaired) electrons. The van der Waals surface area contributed by atoms with E-state index in [1.165, 1.54) is 6.92 Å². The summed E-state index contributed by atoms with van der Waals surface area (Å²) in [7, 11) is 0. The first kappa shape index (κ1) is 14.4. The van der Waals surface area contributed by atoms with Crippen molar-refractivity contribution < 1.29 is 9.53 Å². The van der Waals surface area contributed by atoms with Crippen LogP contribution in [-0.2, 0) is 4.79 Å². The van der Waals surface area contributed by atoms with Crippen molar-refractivity contribution in [3.05, 3.63) is 24.3 Å². The minimum atomic E-state index is -0.195. The third-order valence-electron chi connectivity index (χ3n) is 2.29. The Morgan fingerprint density at radius 1 is 1.50 bits per heavy atom. The van der Waals surface area contributed by atoms with Crippen molar-refractivity contribution in [3.8, 4) is 5.75 Å². The largest absolute Gasteiger partial charge is 0.491 e. The van der Waals surface area contributed by atoms with Crippen molar-refractivity contribution in [2.45, 2.75) is 33.3 Å². The summed E-state index contributed by atoms with van der Waals surface area (Å²) in [5, 5.41) is 5.71. The van der Waals surface area contributed by atoms with Gasteiger partial charge in [-0.3, -0.25) is 4.79 Å². The van der Waals surface area contributed by atoms with Crippen LogP contribution in [0.1, 0.15) is 27.2 Å². The Balaban J connectivity index is 2.64. The molecule has 0 aromatic heterocycles. The van der Waals surface area contributed by atoms with E-state index in [1.54, 1.807) is 0 Å². The van der Waals surface area contributed by atoms with Gasteiger partial charge in [-0.15, -0.1) is 0 Å². The lowest BCUT2D eigenvalue weighted by atomic mass is 10.3. The van der Waals surface area contributed by atoms with E-state index in [9.17, 15) is 4.79 Å². The van der Waals surface area contributed by atoms with Crippen molar-refractivity contribution in [1.29, 1.82) is 0 Å². The molecular formula is C13H18N2O2S. The fourth-order valence-electron chi connectivity index (χ4n) is 1.29. The third kappa shape index (κ3) is 5.14. The summed E-state index contributed by atoms with van der Waals surface area (Å²) in [6.45, 7) is 5.50. The van der Waals surface area contributed by atoms with E-state index >= 15 is 0 Å². The van der Waals surface area contributed by atoms with E-state index in [-0.39, 0.29) is 17.1 Å². The van der Waals surface area contributed by atoms with Crippen LogP contribution in [0.3, 0.4) is 0 Å². The maximum atomic E-state index is 10.8. The molecule has 4 nitrogen and oxygen atoms in total. The average Bonchev–Trinajstić information content (AvgIpc) is 2.28. The standard InChI is InChI=1S/C13H18N2O2S/c1-4-9(2)17-12-7-5-6-11(8-12)15-13(18)14-10(3)16/h5-9H,4H2,1-3H3,(H2,14,15,16,18). The zero-order chi connectivity index (χ0) is 13.5.